The molecule has 3 aromatic carbocycles. The van der Waals surface area contributed by atoms with Crippen LogP contribution in [0.5, 0.6) is 5.75 Å². The van der Waals surface area contributed by atoms with E-state index in [2.05, 4.69) is 0 Å². The summed E-state index contributed by atoms with van der Waals surface area (Å²) in [5, 5.41) is 0.337. The Kier molecular flexibility index (Phi) is 7.58. The van der Waals surface area contributed by atoms with Crippen molar-refractivity contribution >= 4 is 39.2 Å². The number of para-hydroxylation sites is 2. The number of hydrogen-bond acceptors (Lipinski definition) is 6. The van der Waals surface area contributed by atoms with Gasteiger partial charge in [0.15, 0.2) is 0 Å². The van der Waals surface area contributed by atoms with E-state index in [4.69, 9.17) is 21.1 Å². The molecule has 0 aliphatic carbocycles. The summed E-state index contributed by atoms with van der Waals surface area (Å²) in [6, 6.07) is 17.7. The maximum atomic E-state index is 14.5. The second-order valence-electron chi connectivity index (χ2n) is 7.92. The van der Waals surface area contributed by atoms with Crippen LogP contribution in [0, 0.1) is 5.82 Å². The number of fused-ring (bicyclic) bond motifs is 1. The molecule has 36 heavy (non-hydrogen) atoms. The van der Waals surface area contributed by atoms with Crippen molar-refractivity contribution in [1.29, 1.82) is 0 Å². The van der Waals surface area contributed by atoms with Crippen molar-refractivity contribution in [3.05, 3.63) is 89.2 Å². The summed E-state index contributed by atoms with van der Waals surface area (Å²) in [4.78, 5) is 26.9. The van der Waals surface area contributed by atoms with E-state index in [0.717, 1.165) is 4.31 Å². The molecule has 0 N–H and O–H groups in total. The molecule has 1 heterocycles. The highest BCUT2D eigenvalue weighted by Gasteiger charge is 2.36. The number of esters is 1. The Labute approximate surface area is 212 Å². The van der Waals surface area contributed by atoms with Crippen molar-refractivity contribution in [2.24, 2.45) is 0 Å². The van der Waals surface area contributed by atoms with E-state index in [1.807, 2.05) is 0 Å². The number of halogens is 2. The smallest absolute Gasteiger partial charge is 0.348 e. The van der Waals surface area contributed by atoms with Gasteiger partial charge in [-0.05, 0) is 42.5 Å². The van der Waals surface area contributed by atoms with E-state index in [1.165, 1.54) is 54.5 Å². The van der Waals surface area contributed by atoms with E-state index < -0.39 is 46.9 Å². The van der Waals surface area contributed by atoms with Gasteiger partial charge in [-0.25, -0.2) is 17.6 Å². The first-order valence-corrected chi connectivity index (χ1v) is 12.7. The van der Waals surface area contributed by atoms with E-state index in [9.17, 15) is 22.4 Å². The number of anilines is 1. The highest BCUT2D eigenvalue weighted by atomic mass is 35.5. The zero-order valence-corrected chi connectivity index (χ0v) is 20.7. The minimum Gasteiger partial charge on any atom is -0.475 e. The number of carbonyl (C=O) groups is 2. The molecular weight excluding hydrogens is 511 g/mol. The summed E-state index contributed by atoms with van der Waals surface area (Å²) in [5.74, 6) is -1.65. The van der Waals surface area contributed by atoms with Crippen LogP contribution in [-0.4, -0.2) is 50.9 Å². The summed E-state index contributed by atoms with van der Waals surface area (Å²) in [7, 11) is -3.04. The second kappa shape index (κ2) is 10.7. The van der Waals surface area contributed by atoms with Gasteiger partial charge in [-0.2, -0.15) is 4.31 Å². The zero-order chi connectivity index (χ0) is 25.9. The van der Waals surface area contributed by atoms with Crippen LogP contribution in [0.3, 0.4) is 0 Å². The quantitative estimate of drug-likeness (QED) is 0.431. The fraction of sp³-hybridized carbons (Fsp3) is 0.200. The molecule has 1 amide bonds. The summed E-state index contributed by atoms with van der Waals surface area (Å²) >= 11 is 5.91. The maximum Gasteiger partial charge on any atom is 0.348 e. The fourth-order valence-corrected chi connectivity index (χ4v) is 5.25. The highest BCUT2D eigenvalue weighted by Crippen LogP contribution is 2.34. The number of ether oxygens (including phenoxy) is 2. The van der Waals surface area contributed by atoms with Crippen molar-refractivity contribution in [2.45, 2.75) is 17.5 Å². The Morgan fingerprint density at radius 3 is 2.44 bits per heavy atom. The number of hydrogen-bond donors (Lipinski definition) is 0. The van der Waals surface area contributed by atoms with Gasteiger partial charge in [0.05, 0.1) is 30.8 Å². The first-order valence-electron chi connectivity index (χ1n) is 10.8. The minimum absolute atomic E-state index is 0.0950. The van der Waals surface area contributed by atoms with Crippen molar-refractivity contribution in [2.75, 3.05) is 25.1 Å². The van der Waals surface area contributed by atoms with E-state index in [-0.39, 0.29) is 22.8 Å². The predicted octanol–water partition coefficient (Wildman–Crippen LogP) is 3.64. The molecule has 0 aromatic heterocycles. The molecule has 3 aromatic rings. The first-order chi connectivity index (χ1) is 17.2. The largest absolute Gasteiger partial charge is 0.475 e. The fourth-order valence-electron chi connectivity index (χ4n) is 3.76. The van der Waals surface area contributed by atoms with Crippen molar-refractivity contribution in [1.82, 2.24) is 4.31 Å². The Morgan fingerprint density at radius 1 is 1.08 bits per heavy atom. The van der Waals surface area contributed by atoms with Crippen LogP contribution in [0.4, 0.5) is 10.1 Å². The molecule has 1 atom stereocenters. The third-order valence-electron chi connectivity index (χ3n) is 5.61. The van der Waals surface area contributed by atoms with Crippen molar-refractivity contribution < 1.29 is 31.9 Å². The topological polar surface area (TPSA) is 93.2 Å². The second-order valence-corrected chi connectivity index (χ2v) is 10.3. The summed E-state index contributed by atoms with van der Waals surface area (Å²) in [6.45, 7) is -1.20. The Hall–Kier alpha value is -3.47. The number of benzene rings is 3. The lowest BCUT2D eigenvalue weighted by Gasteiger charge is -2.34. The van der Waals surface area contributed by atoms with Crippen LogP contribution >= 0.6 is 11.6 Å². The molecule has 8 nitrogen and oxygen atoms in total. The summed E-state index contributed by atoms with van der Waals surface area (Å²) in [5.41, 5.74) is 0.468. The van der Waals surface area contributed by atoms with Gasteiger partial charge in [-0.15, -0.1) is 0 Å². The van der Waals surface area contributed by atoms with Gasteiger partial charge in [0.2, 0.25) is 22.0 Å². The van der Waals surface area contributed by atoms with Crippen LogP contribution in [0.25, 0.3) is 0 Å². The lowest BCUT2D eigenvalue weighted by Crippen LogP contribution is -2.50. The van der Waals surface area contributed by atoms with Gasteiger partial charge >= 0.3 is 5.97 Å². The van der Waals surface area contributed by atoms with E-state index in [1.54, 1.807) is 30.3 Å². The highest BCUT2D eigenvalue weighted by molar-refractivity contribution is 7.89. The molecule has 11 heteroatoms. The number of rotatable bonds is 7. The summed E-state index contributed by atoms with van der Waals surface area (Å²) in [6.07, 6.45) is -1.10. The molecule has 4 rings (SSSR count). The van der Waals surface area contributed by atoms with Gasteiger partial charge in [-0.1, -0.05) is 41.9 Å². The van der Waals surface area contributed by atoms with Crippen LogP contribution in [0.2, 0.25) is 5.02 Å². The molecule has 0 saturated carbocycles. The Bertz CT molecular complexity index is 1380. The SMILES string of the molecule is COC(=O)[C@H]1CN(C(=O)CN(Cc2ccccc2F)S(=O)(=O)c2ccc(Cl)cc2)c2ccccc2O1. The van der Waals surface area contributed by atoms with Crippen LogP contribution in [-0.2, 0) is 30.9 Å². The van der Waals surface area contributed by atoms with Crippen molar-refractivity contribution in [3.63, 3.8) is 0 Å². The number of methoxy groups -OCH3 is 1. The molecule has 0 spiro atoms. The molecule has 1 aliphatic rings. The zero-order valence-electron chi connectivity index (χ0n) is 19.1. The van der Waals surface area contributed by atoms with E-state index in [0.29, 0.717) is 10.7 Å². The molecule has 0 radical (unpaired) electrons. The molecule has 188 valence electrons. The number of nitrogens with zero attached hydrogens (tertiary/aromatic N) is 2. The molecule has 0 fully saturated rings. The molecule has 0 unspecified atom stereocenters. The summed E-state index contributed by atoms with van der Waals surface area (Å²) < 4.78 is 52.9. The maximum absolute atomic E-state index is 14.5. The normalized spacial score (nSPS) is 15.2. The third-order valence-corrected chi connectivity index (χ3v) is 7.66. The molecule has 0 saturated heterocycles. The first kappa shape index (κ1) is 25.6. The van der Waals surface area contributed by atoms with Crippen molar-refractivity contribution in [3.8, 4) is 5.75 Å². The van der Waals surface area contributed by atoms with Crippen LogP contribution < -0.4 is 9.64 Å². The average Bonchev–Trinajstić information content (AvgIpc) is 2.88. The molecule has 0 bridgehead atoms. The number of sulfonamides is 1. The van der Waals surface area contributed by atoms with Gasteiger partial charge < -0.3 is 14.4 Å². The Balaban J connectivity index is 1.70. The number of amides is 1. The van der Waals surface area contributed by atoms with Crippen LogP contribution in [0.15, 0.2) is 77.7 Å². The Morgan fingerprint density at radius 2 is 1.75 bits per heavy atom. The monoisotopic (exact) mass is 532 g/mol. The average molecular weight is 533 g/mol. The van der Waals surface area contributed by atoms with Crippen LogP contribution in [0.1, 0.15) is 5.56 Å². The minimum atomic E-state index is -4.24. The lowest BCUT2D eigenvalue weighted by atomic mass is 10.1. The standard InChI is InChI=1S/C25H22ClFN2O6S/c1-34-25(31)23-15-29(21-8-4-5-9-22(21)35-23)24(30)16-28(14-17-6-2-3-7-20(17)27)36(32,33)19-12-10-18(26)11-13-19/h2-13,23H,14-16H2,1H3/t23-/m1/s1. The van der Waals surface area contributed by atoms with Gasteiger partial charge in [0, 0.05) is 17.1 Å². The van der Waals surface area contributed by atoms with Gasteiger partial charge in [-0.3, -0.25) is 4.79 Å². The van der Waals surface area contributed by atoms with Gasteiger partial charge in [0.1, 0.15) is 11.6 Å². The number of carbonyl (C=O) groups excluding carboxylic acids is 2. The third kappa shape index (κ3) is 5.35. The predicted molar refractivity (Wildman–Crippen MR) is 131 cm³/mol. The lowest BCUT2D eigenvalue weighted by molar-refractivity contribution is -0.148. The van der Waals surface area contributed by atoms with E-state index >= 15 is 0 Å². The molecule has 1 aliphatic heterocycles. The molecular formula is C25H22ClFN2O6S. The van der Waals surface area contributed by atoms with Gasteiger partial charge in [0.25, 0.3) is 0 Å².